The Morgan fingerprint density at radius 2 is 1.58 bits per heavy atom. The van der Waals surface area contributed by atoms with Crippen LogP contribution in [0.4, 0.5) is 0 Å². The molecule has 1 nitrogen and oxygen atoms in total. The highest BCUT2D eigenvalue weighted by Crippen LogP contribution is 2.38. The van der Waals surface area contributed by atoms with Crippen LogP contribution in [0.3, 0.4) is 0 Å². The molecule has 2 unspecified atom stereocenters. The van der Waals surface area contributed by atoms with Gasteiger partial charge < -0.3 is 5.11 Å². The predicted octanol–water partition coefficient (Wildman–Crippen LogP) is 5.66. The summed E-state index contributed by atoms with van der Waals surface area (Å²) in [6.07, 6.45) is 8.92. The zero-order valence-corrected chi connectivity index (χ0v) is 14.3. The number of rotatable bonds is 11. The second-order valence-corrected chi connectivity index (χ2v) is 7.31. The Balaban J connectivity index is 4.36. The second kappa shape index (κ2) is 9.80. The zero-order valence-electron chi connectivity index (χ0n) is 14.3. The summed E-state index contributed by atoms with van der Waals surface area (Å²) in [6.45, 7) is 14.3. The van der Waals surface area contributed by atoms with E-state index < -0.39 is 0 Å². The summed E-state index contributed by atoms with van der Waals surface area (Å²) in [5.74, 6) is 1.91. The SMILES string of the molecule is CCCCCCC(CO)C(CC)CC(C)(C)C(C)C. The smallest absolute Gasteiger partial charge is 0.0461 e. The van der Waals surface area contributed by atoms with Crippen LogP contribution < -0.4 is 0 Å². The molecular formula is C18H38O. The summed E-state index contributed by atoms with van der Waals surface area (Å²) in [7, 11) is 0. The highest BCUT2D eigenvalue weighted by Gasteiger charge is 2.29. The van der Waals surface area contributed by atoms with Crippen LogP contribution in [-0.2, 0) is 0 Å². The van der Waals surface area contributed by atoms with Crippen molar-refractivity contribution >= 4 is 0 Å². The van der Waals surface area contributed by atoms with Gasteiger partial charge in [-0.15, -0.1) is 0 Å². The molecule has 1 N–H and O–H groups in total. The third-order valence-electron chi connectivity index (χ3n) is 5.21. The fraction of sp³-hybridized carbons (Fsp3) is 1.00. The van der Waals surface area contributed by atoms with Gasteiger partial charge in [0.2, 0.25) is 0 Å². The molecule has 0 aliphatic carbocycles. The molecule has 0 aromatic heterocycles. The highest BCUT2D eigenvalue weighted by molar-refractivity contribution is 4.79. The Morgan fingerprint density at radius 1 is 0.947 bits per heavy atom. The third kappa shape index (κ3) is 7.34. The van der Waals surface area contributed by atoms with Gasteiger partial charge in [-0.1, -0.05) is 73.6 Å². The summed E-state index contributed by atoms with van der Waals surface area (Å²) in [6, 6.07) is 0. The molecule has 2 atom stereocenters. The molecule has 0 aromatic carbocycles. The predicted molar refractivity (Wildman–Crippen MR) is 86.4 cm³/mol. The van der Waals surface area contributed by atoms with Gasteiger partial charge in [0.25, 0.3) is 0 Å². The van der Waals surface area contributed by atoms with E-state index in [2.05, 4.69) is 41.5 Å². The lowest BCUT2D eigenvalue weighted by Crippen LogP contribution is -2.28. The molecule has 116 valence electrons. The molecular weight excluding hydrogens is 232 g/mol. The second-order valence-electron chi connectivity index (χ2n) is 7.31. The van der Waals surface area contributed by atoms with E-state index in [-0.39, 0.29) is 0 Å². The quantitative estimate of drug-likeness (QED) is 0.480. The summed E-state index contributed by atoms with van der Waals surface area (Å²) in [4.78, 5) is 0. The van der Waals surface area contributed by atoms with Crippen LogP contribution in [0.15, 0.2) is 0 Å². The van der Waals surface area contributed by atoms with Crippen LogP contribution in [0.1, 0.15) is 86.5 Å². The lowest BCUT2D eigenvalue weighted by Gasteiger charge is -2.36. The fourth-order valence-corrected chi connectivity index (χ4v) is 2.87. The van der Waals surface area contributed by atoms with Gasteiger partial charge in [0, 0.05) is 6.61 Å². The van der Waals surface area contributed by atoms with Gasteiger partial charge >= 0.3 is 0 Å². The third-order valence-corrected chi connectivity index (χ3v) is 5.21. The van der Waals surface area contributed by atoms with E-state index >= 15 is 0 Å². The minimum Gasteiger partial charge on any atom is -0.396 e. The standard InChI is InChI=1S/C18H38O/c1-7-9-10-11-12-17(14-19)16(8-2)13-18(5,6)15(3)4/h15-17,19H,7-14H2,1-6H3. The Morgan fingerprint density at radius 3 is 2.00 bits per heavy atom. The normalized spacial score (nSPS) is 15.8. The molecule has 0 fully saturated rings. The first-order valence-corrected chi connectivity index (χ1v) is 8.49. The molecule has 0 radical (unpaired) electrons. The highest BCUT2D eigenvalue weighted by atomic mass is 16.3. The average molecular weight is 271 g/mol. The largest absolute Gasteiger partial charge is 0.396 e. The van der Waals surface area contributed by atoms with Gasteiger partial charge in [0.05, 0.1) is 0 Å². The van der Waals surface area contributed by atoms with Crippen LogP contribution in [0.25, 0.3) is 0 Å². The molecule has 0 aliphatic heterocycles. The summed E-state index contributed by atoms with van der Waals surface area (Å²) < 4.78 is 0. The number of hydrogen-bond acceptors (Lipinski definition) is 1. The lowest BCUT2D eigenvalue weighted by atomic mass is 9.70. The van der Waals surface area contributed by atoms with Crippen molar-refractivity contribution in [2.45, 2.75) is 86.5 Å². The first kappa shape index (κ1) is 19.0. The molecule has 0 heterocycles. The van der Waals surface area contributed by atoms with E-state index in [9.17, 15) is 5.11 Å². The maximum atomic E-state index is 9.72. The van der Waals surface area contributed by atoms with Crippen LogP contribution in [0.5, 0.6) is 0 Å². The van der Waals surface area contributed by atoms with E-state index in [0.29, 0.717) is 29.8 Å². The molecule has 19 heavy (non-hydrogen) atoms. The molecule has 0 bridgehead atoms. The van der Waals surface area contributed by atoms with Crippen LogP contribution in [0, 0.1) is 23.2 Å². The molecule has 0 rings (SSSR count). The number of unbranched alkanes of at least 4 members (excludes halogenated alkanes) is 3. The Kier molecular flexibility index (Phi) is 9.78. The van der Waals surface area contributed by atoms with E-state index in [1.54, 1.807) is 0 Å². The van der Waals surface area contributed by atoms with Gasteiger partial charge in [-0.2, -0.15) is 0 Å². The summed E-state index contributed by atoms with van der Waals surface area (Å²) in [5, 5.41) is 9.72. The molecule has 0 saturated heterocycles. The van der Waals surface area contributed by atoms with Crippen LogP contribution in [0.2, 0.25) is 0 Å². The monoisotopic (exact) mass is 270 g/mol. The van der Waals surface area contributed by atoms with Crippen molar-refractivity contribution in [1.82, 2.24) is 0 Å². The first-order chi connectivity index (χ1) is 8.88. The molecule has 0 aromatic rings. The Hall–Kier alpha value is -0.0400. The van der Waals surface area contributed by atoms with Crippen molar-refractivity contribution in [2.75, 3.05) is 6.61 Å². The van der Waals surface area contributed by atoms with Crippen molar-refractivity contribution in [1.29, 1.82) is 0 Å². The van der Waals surface area contributed by atoms with Crippen molar-refractivity contribution in [3.8, 4) is 0 Å². The lowest BCUT2D eigenvalue weighted by molar-refractivity contribution is 0.103. The minimum atomic E-state index is 0.374. The van der Waals surface area contributed by atoms with Crippen molar-refractivity contribution in [3.63, 3.8) is 0 Å². The number of aliphatic hydroxyl groups excluding tert-OH is 1. The molecule has 0 saturated carbocycles. The van der Waals surface area contributed by atoms with E-state index in [1.165, 1.54) is 44.9 Å². The number of hydrogen-bond donors (Lipinski definition) is 1. The first-order valence-electron chi connectivity index (χ1n) is 8.49. The maximum Gasteiger partial charge on any atom is 0.0461 e. The van der Waals surface area contributed by atoms with Gasteiger partial charge in [-0.05, 0) is 36.0 Å². The van der Waals surface area contributed by atoms with E-state index in [0.717, 1.165) is 0 Å². The Labute approximate surface area is 122 Å². The topological polar surface area (TPSA) is 20.2 Å². The Bertz CT molecular complexity index is 208. The van der Waals surface area contributed by atoms with Gasteiger partial charge in [-0.25, -0.2) is 0 Å². The van der Waals surface area contributed by atoms with Gasteiger partial charge in [0.1, 0.15) is 0 Å². The van der Waals surface area contributed by atoms with E-state index in [1.807, 2.05) is 0 Å². The zero-order chi connectivity index (χ0) is 14.9. The van der Waals surface area contributed by atoms with Gasteiger partial charge in [-0.3, -0.25) is 0 Å². The van der Waals surface area contributed by atoms with Crippen molar-refractivity contribution in [2.24, 2.45) is 23.2 Å². The van der Waals surface area contributed by atoms with Crippen LogP contribution in [-0.4, -0.2) is 11.7 Å². The molecule has 0 spiro atoms. The van der Waals surface area contributed by atoms with Crippen molar-refractivity contribution < 1.29 is 5.11 Å². The molecule has 0 aliphatic rings. The van der Waals surface area contributed by atoms with E-state index in [4.69, 9.17) is 0 Å². The number of aliphatic hydroxyl groups is 1. The van der Waals surface area contributed by atoms with Crippen LogP contribution >= 0.6 is 0 Å². The summed E-state index contributed by atoms with van der Waals surface area (Å²) >= 11 is 0. The fourth-order valence-electron chi connectivity index (χ4n) is 2.87. The minimum absolute atomic E-state index is 0.374. The summed E-state index contributed by atoms with van der Waals surface area (Å²) in [5.41, 5.74) is 0.386. The maximum absolute atomic E-state index is 9.72. The molecule has 0 amide bonds. The molecule has 1 heteroatoms. The van der Waals surface area contributed by atoms with Crippen molar-refractivity contribution in [3.05, 3.63) is 0 Å². The van der Waals surface area contributed by atoms with Gasteiger partial charge in [0.15, 0.2) is 0 Å². The average Bonchev–Trinajstić information content (AvgIpc) is 2.36.